The minimum Gasteiger partial charge on any atom is -0.305 e. The molecule has 0 rings (SSSR count). The third kappa shape index (κ3) is 7.29. The van der Waals surface area contributed by atoms with Crippen LogP contribution in [0.25, 0.3) is 0 Å². The first-order chi connectivity index (χ1) is 7.34. The van der Waals surface area contributed by atoms with Crippen molar-refractivity contribution in [1.82, 2.24) is 5.32 Å². The zero-order chi connectivity index (χ0) is 12.7. The van der Waals surface area contributed by atoms with Crippen LogP contribution >= 0.6 is 11.8 Å². The van der Waals surface area contributed by atoms with Crippen LogP contribution in [-0.2, 0) is 4.79 Å². The number of nitrogens with one attached hydrogen (secondary N) is 1. The van der Waals surface area contributed by atoms with Gasteiger partial charge in [-0.3, -0.25) is 4.79 Å². The van der Waals surface area contributed by atoms with Gasteiger partial charge in [-0.2, -0.15) is 11.8 Å². The highest BCUT2D eigenvalue weighted by Gasteiger charge is 2.21. The lowest BCUT2D eigenvalue weighted by Gasteiger charge is -2.22. The summed E-state index contributed by atoms with van der Waals surface area (Å²) < 4.78 is 0. The fourth-order valence-corrected chi connectivity index (χ4v) is 2.38. The summed E-state index contributed by atoms with van der Waals surface area (Å²) >= 11 is 1.92. The van der Waals surface area contributed by atoms with Gasteiger partial charge in [-0.05, 0) is 17.4 Å². The maximum Gasteiger partial charge on any atom is 0.152 e. The highest BCUT2D eigenvalue weighted by atomic mass is 32.2. The molecule has 0 radical (unpaired) electrons. The van der Waals surface area contributed by atoms with Crippen LogP contribution in [0.3, 0.4) is 0 Å². The summed E-state index contributed by atoms with van der Waals surface area (Å²) in [4.78, 5) is 12.0. The molecule has 0 bridgehead atoms. The molecule has 0 heterocycles. The maximum atomic E-state index is 12.0. The van der Waals surface area contributed by atoms with E-state index in [1.165, 1.54) is 0 Å². The van der Waals surface area contributed by atoms with Crippen LogP contribution in [0.4, 0.5) is 0 Å². The summed E-state index contributed by atoms with van der Waals surface area (Å²) in [5.74, 6) is 1.53. The van der Waals surface area contributed by atoms with Crippen LogP contribution < -0.4 is 5.32 Å². The van der Waals surface area contributed by atoms with Crippen LogP contribution in [0.15, 0.2) is 0 Å². The lowest BCUT2D eigenvalue weighted by molar-refractivity contribution is -0.124. The van der Waals surface area contributed by atoms with E-state index in [0.29, 0.717) is 17.1 Å². The molecule has 0 aromatic carbocycles. The number of hydrogen-bond acceptors (Lipinski definition) is 3. The van der Waals surface area contributed by atoms with Crippen molar-refractivity contribution in [2.45, 2.75) is 65.3 Å². The van der Waals surface area contributed by atoms with Crippen LogP contribution in [0.5, 0.6) is 0 Å². The van der Waals surface area contributed by atoms with Crippen molar-refractivity contribution >= 4 is 17.5 Å². The van der Waals surface area contributed by atoms with E-state index < -0.39 is 0 Å². The van der Waals surface area contributed by atoms with Crippen LogP contribution in [0.1, 0.15) is 48.0 Å². The van der Waals surface area contributed by atoms with Gasteiger partial charge in [-0.1, -0.05) is 41.5 Å². The Bertz CT molecular complexity index is 202. The summed E-state index contributed by atoms with van der Waals surface area (Å²) in [5, 5.41) is 4.02. The predicted octanol–water partition coefficient (Wildman–Crippen LogP) is 3.11. The van der Waals surface area contributed by atoms with Crippen LogP contribution in [0, 0.1) is 5.92 Å². The van der Waals surface area contributed by atoms with Crippen molar-refractivity contribution in [1.29, 1.82) is 0 Å². The fraction of sp³-hybridized carbons (Fsp3) is 0.923. The second kappa shape index (κ2) is 8.13. The van der Waals surface area contributed by atoms with Crippen LogP contribution in [0.2, 0.25) is 0 Å². The average Bonchev–Trinajstić information content (AvgIpc) is 2.13. The molecule has 16 heavy (non-hydrogen) atoms. The number of rotatable bonds is 8. The molecule has 0 saturated carbocycles. The highest BCUT2D eigenvalue weighted by molar-refractivity contribution is 7.99. The number of carbonyl (C=O) groups excluding carboxylic acids is 1. The van der Waals surface area contributed by atoms with Gasteiger partial charge in [0.05, 0.1) is 6.04 Å². The molecule has 0 amide bonds. The molecule has 0 aliphatic carbocycles. The molecule has 0 spiro atoms. The predicted molar refractivity (Wildman–Crippen MR) is 74.1 cm³/mol. The smallest absolute Gasteiger partial charge is 0.152 e. The van der Waals surface area contributed by atoms with Crippen molar-refractivity contribution in [2.24, 2.45) is 5.92 Å². The van der Waals surface area contributed by atoms with E-state index in [-0.39, 0.29) is 12.0 Å². The van der Waals surface area contributed by atoms with Crippen molar-refractivity contribution in [2.75, 3.05) is 5.75 Å². The second-order valence-electron chi connectivity index (χ2n) is 5.14. The molecule has 0 fully saturated rings. The summed E-state index contributed by atoms with van der Waals surface area (Å²) in [6, 6.07) is 0.406. The Kier molecular flexibility index (Phi) is 8.12. The van der Waals surface area contributed by atoms with Crippen molar-refractivity contribution in [3.05, 3.63) is 0 Å². The van der Waals surface area contributed by atoms with Gasteiger partial charge in [0.2, 0.25) is 0 Å². The third-order valence-corrected chi connectivity index (χ3v) is 3.44. The van der Waals surface area contributed by atoms with Crippen molar-refractivity contribution in [3.63, 3.8) is 0 Å². The molecule has 1 N–H and O–H groups in total. The van der Waals surface area contributed by atoms with E-state index in [4.69, 9.17) is 0 Å². The second-order valence-corrected chi connectivity index (χ2v) is 6.82. The van der Waals surface area contributed by atoms with Gasteiger partial charge >= 0.3 is 0 Å². The largest absolute Gasteiger partial charge is 0.305 e. The molecular weight excluding hydrogens is 218 g/mol. The van der Waals surface area contributed by atoms with Crippen molar-refractivity contribution < 1.29 is 4.79 Å². The Hall–Kier alpha value is -0.0200. The van der Waals surface area contributed by atoms with Gasteiger partial charge in [0.25, 0.3) is 0 Å². The van der Waals surface area contributed by atoms with Gasteiger partial charge in [0.1, 0.15) is 0 Å². The first-order valence-electron chi connectivity index (χ1n) is 6.26. The van der Waals surface area contributed by atoms with E-state index in [1.807, 2.05) is 25.6 Å². The zero-order valence-electron chi connectivity index (χ0n) is 11.5. The summed E-state index contributed by atoms with van der Waals surface area (Å²) in [7, 11) is 0. The van der Waals surface area contributed by atoms with E-state index in [2.05, 4.69) is 33.0 Å². The lowest BCUT2D eigenvalue weighted by atomic mass is 9.99. The summed E-state index contributed by atoms with van der Waals surface area (Å²) in [6.45, 7) is 12.5. The standard InChI is InChI=1S/C13H27NOS/c1-9(2)13(15)12(14-10(3)4)7-8-16-11(5)6/h9-12,14H,7-8H2,1-6H3. The van der Waals surface area contributed by atoms with E-state index >= 15 is 0 Å². The molecular formula is C13H27NOS. The number of Topliss-reactive ketones (excluding diaryl/α,β-unsaturated/α-hetero) is 1. The molecule has 0 saturated heterocycles. The topological polar surface area (TPSA) is 29.1 Å². The van der Waals surface area contributed by atoms with Gasteiger partial charge in [-0.25, -0.2) is 0 Å². The molecule has 3 heteroatoms. The SMILES string of the molecule is CC(C)NC(CCSC(C)C)C(=O)C(C)C. The van der Waals surface area contributed by atoms with E-state index in [9.17, 15) is 4.79 Å². The molecule has 96 valence electrons. The summed E-state index contributed by atoms with van der Waals surface area (Å²) in [5.41, 5.74) is 0. The Morgan fingerprint density at radius 1 is 1.12 bits per heavy atom. The molecule has 0 aliphatic rings. The van der Waals surface area contributed by atoms with Gasteiger partial charge in [-0.15, -0.1) is 0 Å². The summed E-state index contributed by atoms with van der Waals surface area (Å²) in [6.07, 6.45) is 0.942. The first kappa shape index (κ1) is 16.0. The van der Waals surface area contributed by atoms with E-state index in [0.717, 1.165) is 12.2 Å². The molecule has 0 aliphatic heterocycles. The highest BCUT2D eigenvalue weighted by Crippen LogP contribution is 2.14. The Morgan fingerprint density at radius 2 is 1.69 bits per heavy atom. The number of thioether (sulfide) groups is 1. The van der Waals surface area contributed by atoms with Crippen LogP contribution in [-0.4, -0.2) is 28.9 Å². The lowest BCUT2D eigenvalue weighted by Crippen LogP contribution is -2.43. The Labute approximate surface area is 105 Å². The van der Waals surface area contributed by atoms with Gasteiger partial charge in [0.15, 0.2) is 5.78 Å². The number of carbonyl (C=O) groups is 1. The minimum absolute atomic E-state index is 0.0336. The monoisotopic (exact) mass is 245 g/mol. The molecule has 0 aromatic heterocycles. The van der Waals surface area contributed by atoms with Crippen molar-refractivity contribution in [3.8, 4) is 0 Å². The zero-order valence-corrected chi connectivity index (χ0v) is 12.4. The first-order valence-corrected chi connectivity index (χ1v) is 7.30. The average molecular weight is 245 g/mol. The van der Waals surface area contributed by atoms with Gasteiger partial charge in [0, 0.05) is 12.0 Å². The Balaban J connectivity index is 4.15. The fourth-order valence-electron chi connectivity index (χ4n) is 1.53. The molecule has 2 nitrogen and oxygen atoms in total. The Morgan fingerprint density at radius 3 is 2.06 bits per heavy atom. The number of hydrogen-bond donors (Lipinski definition) is 1. The van der Waals surface area contributed by atoms with Gasteiger partial charge < -0.3 is 5.32 Å². The molecule has 1 atom stereocenters. The maximum absolute atomic E-state index is 12.0. The van der Waals surface area contributed by atoms with E-state index in [1.54, 1.807) is 0 Å². The molecule has 0 aromatic rings. The third-order valence-electron chi connectivity index (χ3n) is 2.30. The molecule has 1 unspecified atom stereocenters. The normalized spacial score (nSPS) is 13.8. The number of ketones is 1. The minimum atomic E-state index is 0.0336. The quantitative estimate of drug-likeness (QED) is 0.712.